The van der Waals surface area contributed by atoms with Gasteiger partial charge in [0.25, 0.3) is 5.91 Å². The summed E-state index contributed by atoms with van der Waals surface area (Å²) in [6, 6.07) is 10.6. The van der Waals surface area contributed by atoms with Crippen molar-refractivity contribution in [3.05, 3.63) is 63.6 Å². The Morgan fingerprint density at radius 2 is 1.75 bits per heavy atom. The van der Waals surface area contributed by atoms with Crippen LogP contribution in [0.4, 0.5) is 5.69 Å². The lowest BCUT2D eigenvalue weighted by atomic mass is 10.1. The van der Waals surface area contributed by atoms with Crippen LogP contribution in [0.3, 0.4) is 0 Å². The molecule has 20 heavy (non-hydrogen) atoms. The Morgan fingerprint density at radius 1 is 1.05 bits per heavy atom. The second-order valence-electron chi connectivity index (χ2n) is 3.94. The Kier molecular flexibility index (Phi) is 4.27. The standard InChI is InChI=1S/C14H9Cl2NO3/c15-11-6-2-5-10(12(11)16)13(18)17-9-4-1-3-8(7-9)14(19)20/h1-7H,(H,17,18)(H,19,20). The molecule has 0 aliphatic carbocycles. The minimum absolute atomic E-state index is 0.0833. The van der Waals surface area contributed by atoms with Crippen LogP contribution in [0, 0.1) is 0 Å². The maximum atomic E-state index is 12.1. The van der Waals surface area contributed by atoms with Gasteiger partial charge in [0.15, 0.2) is 0 Å². The van der Waals surface area contributed by atoms with Crippen molar-refractivity contribution in [3.8, 4) is 0 Å². The van der Waals surface area contributed by atoms with Gasteiger partial charge in [-0.15, -0.1) is 0 Å². The van der Waals surface area contributed by atoms with Crippen molar-refractivity contribution in [2.24, 2.45) is 0 Å². The zero-order valence-electron chi connectivity index (χ0n) is 10.1. The summed E-state index contributed by atoms with van der Waals surface area (Å²) >= 11 is 11.8. The molecule has 4 nitrogen and oxygen atoms in total. The van der Waals surface area contributed by atoms with E-state index in [1.807, 2.05) is 0 Å². The molecule has 0 heterocycles. The monoisotopic (exact) mass is 309 g/mol. The number of amides is 1. The van der Waals surface area contributed by atoms with Gasteiger partial charge < -0.3 is 10.4 Å². The second-order valence-corrected chi connectivity index (χ2v) is 4.73. The smallest absolute Gasteiger partial charge is 0.335 e. The maximum absolute atomic E-state index is 12.1. The minimum Gasteiger partial charge on any atom is -0.478 e. The van der Waals surface area contributed by atoms with Gasteiger partial charge in [-0.1, -0.05) is 35.3 Å². The summed E-state index contributed by atoms with van der Waals surface area (Å²) in [6.45, 7) is 0. The number of rotatable bonds is 3. The fraction of sp³-hybridized carbons (Fsp3) is 0. The van der Waals surface area contributed by atoms with Crippen molar-refractivity contribution < 1.29 is 14.7 Å². The van der Waals surface area contributed by atoms with Gasteiger partial charge in [0, 0.05) is 5.69 Å². The maximum Gasteiger partial charge on any atom is 0.335 e. The predicted octanol–water partition coefficient (Wildman–Crippen LogP) is 3.94. The van der Waals surface area contributed by atoms with Crippen LogP contribution in [0.5, 0.6) is 0 Å². The number of halogens is 2. The molecular formula is C14H9Cl2NO3. The average molecular weight is 310 g/mol. The van der Waals surface area contributed by atoms with E-state index in [1.54, 1.807) is 24.3 Å². The Balaban J connectivity index is 2.26. The number of carboxylic acids is 1. The Labute approximate surface area is 124 Å². The number of benzene rings is 2. The van der Waals surface area contributed by atoms with Gasteiger partial charge in [-0.05, 0) is 30.3 Å². The van der Waals surface area contributed by atoms with Crippen LogP contribution >= 0.6 is 23.2 Å². The van der Waals surface area contributed by atoms with Crippen molar-refractivity contribution in [2.45, 2.75) is 0 Å². The third-order valence-electron chi connectivity index (χ3n) is 2.56. The summed E-state index contributed by atoms with van der Waals surface area (Å²) in [5, 5.41) is 11.9. The van der Waals surface area contributed by atoms with Crippen LogP contribution in [0.2, 0.25) is 10.0 Å². The number of hydrogen-bond acceptors (Lipinski definition) is 2. The lowest BCUT2D eigenvalue weighted by Gasteiger charge is -2.08. The molecule has 0 saturated carbocycles. The third kappa shape index (κ3) is 3.10. The van der Waals surface area contributed by atoms with Crippen molar-refractivity contribution in [3.63, 3.8) is 0 Å². The molecule has 102 valence electrons. The van der Waals surface area contributed by atoms with Crippen LogP contribution in [-0.4, -0.2) is 17.0 Å². The van der Waals surface area contributed by atoms with E-state index in [0.29, 0.717) is 5.69 Å². The highest BCUT2D eigenvalue weighted by Gasteiger charge is 2.13. The van der Waals surface area contributed by atoms with Crippen molar-refractivity contribution in [1.29, 1.82) is 0 Å². The first-order chi connectivity index (χ1) is 9.49. The van der Waals surface area contributed by atoms with Crippen LogP contribution in [-0.2, 0) is 0 Å². The summed E-state index contributed by atoms with van der Waals surface area (Å²) in [7, 11) is 0. The van der Waals surface area contributed by atoms with Crippen molar-refractivity contribution in [1.82, 2.24) is 0 Å². The van der Waals surface area contributed by atoms with Gasteiger partial charge in [-0.2, -0.15) is 0 Å². The normalized spacial score (nSPS) is 10.1. The molecule has 6 heteroatoms. The number of carboxylic acid groups (broad SMARTS) is 1. The molecule has 0 atom stereocenters. The summed E-state index contributed by atoms with van der Waals surface area (Å²) in [6.07, 6.45) is 0. The van der Waals surface area contributed by atoms with E-state index in [1.165, 1.54) is 18.2 Å². The van der Waals surface area contributed by atoms with Gasteiger partial charge in [0.05, 0.1) is 21.2 Å². The molecule has 0 aromatic heterocycles. The summed E-state index contributed by atoms with van der Waals surface area (Å²) in [4.78, 5) is 22.9. The predicted molar refractivity (Wildman–Crippen MR) is 77.8 cm³/mol. The molecule has 0 saturated heterocycles. The van der Waals surface area contributed by atoms with E-state index >= 15 is 0 Å². The molecule has 2 rings (SSSR count). The second kappa shape index (κ2) is 5.94. The Morgan fingerprint density at radius 3 is 2.45 bits per heavy atom. The molecule has 0 aliphatic heterocycles. The zero-order chi connectivity index (χ0) is 14.7. The molecule has 0 spiro atoms. The van der Waals surface area contributed by atoms with Crippen LogP contribution in [0.15, 0.2) is 42.5 Å². The number of aromatic carboxylic acids is 1. The van der Waals surface area contributed by atoms with Crippen LogP contribution in [0.1, 0.15) is 20.7 Å². The molecule has 0 unspecified atom stereocenters. The first-order valence-corrected chi connectivity index (χ1v) is 6.33. The number of carbonyl (C=O) groups is 2. The first kappa shape index (κ1) is 14.4. The van der Waals surface area contributed by atoms with E-state index in [2.05, 4.69) is 5.32 Å². The van der Waals surface area contributed by atoms with E-state index in [-0.39, 0.29) is 21.2 Å². The van der Waals surface area contributed by atoms with Gasteiger partial charge in [-0.25, -0.2) is 4.79 Å². The SMILES string of the molecule is O=C(O)c1cccc(NC(=O)c2cccc(Cl)c2Cl)c1. The van der Waals surface area contributed by atoms with Crippen molar-refractivity contribution in [2.75, 3.05) is 5.32 Å². The number of hydrogen-bond donors (Lipinski definition) is 2. The van der Waals surface area contributed by atoms with Crippen LogP contribution < -0.4 is 5.32 Å². The summed E-state index contributed by atoms with van der Waals surface area (Å²) < 4.78 is 0. The van der Waals surface area contributed by atoms with Crippen molar-refractivity contribution >= 4 is 40.8 Å². The Hall–Kier alpha value is -2.04. The summed E-state index contributed by atoms with van der Waals surface area (Å²) in [5.41, 5.74) is 0.672. The number of carbonyl (C=O) groups excluding carboxylic acids is 1. The van der Waals surface area contributed by atoms with E-state index in [4.69, 9.17) is 28.3 Å². The molecular weight excluding hydrogens is 301 g/mol. The molecule has 0 radical (unpaired) electrons. The highest BCUT2D eigenvalue weighted by atomic mass is 35.5. The third-order valence-corrected chi connectivity index (χ3v) is 3.38. The molecule has 2 aromatic carbocycles. The topological polar surface area (TPSA) is 66.4 Å². The fourth-order valence-corrected chi connectivity index (χ4v) is 1.99. The lowest BCUT2D eigenvalue weighted by Crippen LogP contribution is -2.13. The molecule has 0 fully saturated rings. The van der Waals surface area contributed by atoms with E-state index in [9.17, 15) is 9.59 Å². The van der Waals surface area contributed by atoms with Gasteiger partial charge in [0.1, 0.15) is 0 Å². The highest BCUT2D eigenvalue weighted by Crippen LogP contribution is 2.26. The lowest BCUT2D eigenvalue weighted by molar-refractivity contribution is 0.0696. The van der Waals surface area contributed by atoms with E-state index < -0.39 is 11.9 Å². The zero-order valence-corrected chi connectivity index (χ0v) is 11.6. The first-order valence-electron chi connectivity index (χ1n) is 5.58. The molecule has 2 N–H and O–H groups in total. The molecule has 0 aliphatic rings. The average Bonchev–Trinajstić information content (AvgIpc) is 2.42. The quantitative estimate of drug-likeness (QED) is 0.902. The summed E-state index contributed by atoms with van der Waals surface area (Å²) in [5.74, 6) is -1.53. The minimum atomic E-state index is -1.07. The fourth-order valence-electron chi connectivity index (χ4n) is 1.61. The van der Waals surface area contributed by atoms with Gasteiger partial charge in [-0.3, -0.25) is 4.79 Å². The van der Waals surface area contributed by atoms with E-state index in [0.717, 1.165) is 0 Å². The highest BCUT2D eigenvalue weighted by molar-refractivity contribution is 6.44. The van der Waals surface area contributed by atoms with Crippen LogP contribution in [0.25, 0.3) is 0 Å². The largest absolute Gasteiger partial charge is 0.478 e. The molecule has 0 bridgehead atoms. The molecule has 2 aromatic rings. The van der Waals surface area contributed by atoms with Gasteiger partial charge in [0.2, 0.25) is 0 Å². The number of anilines is 1. The van der Waals surface area contributed by atoms with Gasteiger partial charge >= 0.3 is 5.97 Å². The Bertz CT molecular complexity index is 686. The molecule has 1 amide bonds. The number of nitrogens with one attached hydrogen (secondary N) is 1.